The molecule has 1 aromatic heterocycles. The third-order valence-corrected chi connectivity index (χ3v) is 3.98. The Bertz CT molecular complexity index is 651. The fraction of sp³-hybridized carbons (Fsp3) is 0.412. The minimum Gasteiger partial charge on any atom is -0.347 e. The highest BCUT2D eigenvalue weighted by Gasteiger charge is 2.21. The zero-order valence-corrected chi connectivity index (χ0v) is 13.0. The van der Waals surface area contributed by atoms with Crippen molar-refractivity contribution >= 4 is 5.95 Å². The van der Waals surface area contributed by atoms with Crippen molar-refractivity contribution in [3.63, 3.8) is 0 Å². The lowest BCUT2D eigenvalue weighted by Crippen LogP contribution is -2.28. The molecule has 0 radical (unpaired) electrons. The second-order valence-electron chi connectivity index (χ2n) is 5.88. The Kier molecular flexibility index (Phi) is 4.34. The number of halogens is 1. The number of piperidine rings is 1. The number of hydrogen-bond donors (Lipinski definition) is 1. The topological polar surface area (TPSA) is 41.1 Å². The molecule has 0 bridgehead atoms. The predicted molar refractivity (Wildman–Crippen MR) is 86.3 cm³/mol. The third kappa shape index (κ3) is 3.09. The van der Waals surface area contributed by atoms with Gasteiger partial charge in [0, 0.05) is 25.9 Å². The van der Waals surface area contributed by atoms with E-state index in [-0.39, 0.29) is 11.9 Å². The Morgan fingerprint density at radius 1 is 1.27 bits per heavy atom. The Hall–Kier alpha value is -2.01. The third-order valence-electron chi connectivity index (χ3n) is 3.98. The molecule has 1 aromatic carbocycles. The summed E-state index contributed by atoms with van der Waals surface area (Å²) in [7, 11) is 3.85. The number of aromatic nitrogens is 2. The summed E-state index contributed by atoms with van der Waals surface area (Å²) < 4.78 is 13.6. The summed E-state index contributed by atoms with van der Waals surface area (Å²) in [4.78, 5) is 11.0. The van der Waals surface area contributed by atoms with Crippen LogP contribution in [0.3, 0.4) is 0 Å². The SMILES string of the molecule is CN(C)c1ncc(-c2cccc(F)c2)c([C@@H]2CCCCN2)n1. The van der Waals surface area contributed by atoms with Gasteiger partial charge in [0.05, 0.1) is 11.7 Å². The first-order chi connectivity index (χ1) is 10.6. The molecule has 22 heavy (non-hydrogen) atoms. The zero-order valence-electron chi connectivity index (χ0n) is 13.0. The maximum atomic E-state index is 13.6. The molecule has 5 heteroatoms. The Labute approximate surface area is 130 Å². The molecule has 2 aromatic rings. The van der Waals surface area contributed by atoms with E-state index in [1.165, 1.54) is 18.9 Å². The van der Waals surface area contributed by atoms with Crippen LogP contribution in [0.25, 0.3) is 11.1 Å². The number of hydrogen-bond acceptors (Lipinski definition) is 4. The maximum Gasteiger partial charge on any atom is 0.225 e. The summed E-state index contributed by atoms with van der Waals surface area (Å²) in [5.41, 5.74) is 2.70. The van der Waals surface area contributed by atoms with Gasteiger partial charge in [-0.2, -0.15) is 0 Å². The van der Waals surface area contributed by atoms with Crippen LogP contribution >= 0.6 is 0 Å². The molecule has 116 valence electrons. The van der Waals surface area contributed by atoms with Crippen molar-refractivity contribution in [1.82, 2.24) is 15.3 Å². The van der Waals surface area contributed by atoms with Gasteiger partial charge in [0.15, 0.2) is 0 Å². The zero-order chi connectivity index (χ0) is 15.5. The van der Waals surface area contributed by atoms with Crippen LogP contribution in [0.1, 0.15) is 31.0 Å². The van der Waals surface area contributed by atoms with Crippen LogP contribution in [-0.2, 0) is 0 Å². The van der Waals surface area contributed by atoms with E-state index in [0.29, 0.717) is 5.95 Å². The summed E-state index contributed by atoms with van der Waals surface area (Å²) in [5, 5.41) is 3.52. The van der Waals surface area contributed by atoms with Crippen LogP contribution in [0.15, 0.2) is 30.5 Å². The van der Waals surface area contributed by atoms with E-state index < -0.39 is 0 Å². The highest BCUT2D eigenvalue weighted by Crippen LogP contribution is 2.31. The lowest BCUT2D eigenvalue weighted by atomic mass is 9.95. The highest BCUT2D eigenvalue weighted by molar-refractivity contribution is 5.66. The molecular weight excluding hydrogens is 279 g/mol. The molecule has 1 fully saturated rings. The molecule has 0 saturated carbocycles. The summed E-state index contributed by atoms with van der Waals surface area (Å²) in [5.74, 6) is 0.444. The first-order valence-electron chi connectivity index (χ1n) is 7.69. The average molecular weight is 300 g/mol. The van der Waals surface area contributed by atoms with Crippen molar-refractivity contribution in [2.45, 2.75) is 25.3 Å². The summed E-state index contributed by atoms with van der Waals surface area (Å²) in [6, 6.07) is 6.83. The lowest BCUT2D eigenvalue weighted by Gasteiger charge is -2.26. The van der Waals surface area contributed by atoms with Gasteiger partial charge >= 0.3 is 0 Å². The molecule has 1 saturated heterocycles. The monoisotopic (exact) mass is 300 g/mol. The van der Waals surface area contributed by atoms with Crippen molar-refractivity contribution in [2.75, 3.05) is 25.5 Å². The second kappa shape index (κ2) is 6.40. The van der Waals surface area contributed by atoms with E-state index in [9.17, 15) is 4.39 Å². The van der Waals surface area contributed by atoms with Gasteiger partial charge in [-0.1, -0.05) is 18.6 Å². The standard InChI is InChI=1S/C17H21FN4/c1-22(2)17-20-11-14(12-6-5-7-13(18)10-12)16(21-17)15-8-3-4-9-19-15/h5-7,10-11,15,19H,3-4,8-9H2,1-2H3/t15-/m0/s1. The summed E-state index contributed by atoms with van der Waals surface area (Å²) in [6.07, 6.45) is 5.23. The van der Waals surface area contributed by atoms with Crippen molar-refractivity contribution in [3.05, 3.63) is 42.0 Å². The van der Waals surface area contributed by atoms with Gasteiger partial charge < -0.3 is 10.2 Å². The molecule has 0 amide bonds. The van der Waals surface area contributed by atoms with Crippen LogP contribution in [-0.4, -0.2) is 30.6 Å². The Morgan fingerprint density at radius 2 is 2.14 bits per heavy atom. The van der Waals surface area contributed by atoms with Gasteiger partial charge in [-0.15, -0.1) is 0 Å². The van der Waals surface area contributed by atoms with Crippen molar-refractivity contribution in [1.29, 1.82) is 0 Å². The highest BCUT2D eigenvalue weighted by atomic mass is 19.1. The normalized spacial score (nSPS) is 18.2. The quantitative estimate of drug-likeness (QED) is 0.945. The molecule has 3 rings (SSSR count). The van der Waals surface area contributed by atoms with Crippen molar-refractivity contribution in [2.24, 2.45) is 0 Å². The van der Waals surface area contributed by atoms with Gasteiger partial charge in [0.25, 0.3) is 0 Å². The smallest absolute Gasteiger partial charge is 0.225 e. The Balaban J connectivity index is 2.07. The van der Waals surface area contributed by atoms with Crippen LogP contribution in [0.5, 0.6) is 0 Å². The summed E-state index contributed by atoms with van der Waals surface area (Å²) in [6.45, 7) is 0.995. The van der Waals surface area contributed by atoms with Crippen molar-refractivity contribution in [3.8, 4) is 11.1 Å². The molecule has 0 spiro atoms. The van der Waals surface area contributed by atoms with E-state index >= 15 is 0 Å². The van der Waals surface area contributed by atoms with Gasteiger partial charge in [-0.3, -0.25) is 0 Å². The second-order valence-corrected chi connectivity index (χ2v) is 5.88. The molecular formula is C17H21FN4. The fourth-order valence-corrected chi connectivity index (χ4v) is 2.83. The van der Waals surface area contributed by atoms with Gasteiger partial charge in [0.1, 0.15) is 5.82 Å². The molecule has 0 unspecified atom stereocenters. The number of benzene rings is 1. The van der Waals surface area contributed by atoms with Crippen molar-refractivity contribution < 1.29 is 4.39 Å². The minimum absolute atomic E-state index is 0.203. The Morgan fingerprint density at radius 3 is 2.82 bits per heavy atom. The largest absolute Gasteiger partial charge is 0.347 e. The summed E-state index contributed by atoms with van der Waals surface area (Å²) >= 11 is 0. The lowest BCUT2D eigenvalue weighted by molar-refractivity contribution is 0.406. The van der Waals surface area contributed by atoms with Gasteiger partial charge in [-0.25, -0.2) is 14.4 Å². The van der Waals surface area contributed by atoms with E-state index in [2.05, 4.69) is 10.3 Å². The number of nitrogens with zero attached hydrogens (tertiary/aromatic N) is 3. The molecule has 0 aliphatic carbocycles. The number of anilines is 1. The fourth-order valence-electron chi connectivity index (χ4n) is 2.83. The van der Waals surface area contributed by atoms with E-state index in [1.807, 2.05) is 31.3 Å². The molecule has 1 aliphatic heterocycles. The van der Waals surface area contributed by atoms with E-state index in [4.69, 9.17) is 4.98 Å². The average Bonchev–Trinajstić information content (AvgIpc) is 2.55. The van der Waals surface area contributed by atoms with Gasteiger partial charge in [-0.05, 0) is 37.1 Å². The molecule has 1 atom stereocenters. The van der Waals surface area contributed by atoms with E-state index in [0.717, 1.165) is 29.8 Å². The van der Waals surface area contributed by atoms with Crippen LogP contribution < -0.4 is 10.2 Å². The molecule has 1 aliphatic rings. The van der Waals surface area contributed by atoms with Crippen LogP contribution in [0.2, 0.25) is 0 Å². The molecule has 4 nitrogen and oxygen atoms in total. The molecule has 1 N–H and O–H groups in total. The maximum absolute atomic E-state index is 13.6. The number of rotatable bonds is 3. The number of nitrogens with one attached hydrogen (secondary N) is 1. The molecule has 2 heterocycles. The van der Waals surface area contributed by atoms with Crippen LogP contribution in [0, 0.1) is 5.82 Å². The predicted octanol–water partition coefficient (Wildman–Crippen LogP) is 3.16. The minimum atomic E-state index is -0.239. The first kappa shape index (κ1) is 14.9. The first-order valence-corrected chi connectivity index (χ1v) is 7.69. The van der Waals surface area contributed by atoms with Gasteiger partial charge in [0.2, 0.25) is 5.95 Å². The van der Waals surface area contributed by atoms with Crippen LogP contribution in [0.4, 0.5) is 10.3 Å². The van der Waals surface area contributed by atoms with E-state index in [1.54, 1.807) is 12.1 Å².